The molecular weight excluding hydrogens is 252 g/mol. The quantitative estimate of drug-likeness (QED) is 0.781. The maximum atomic E-state index is 11.3. The molecule has 0 radical (unpaired) electrons. The van der Waals surface area contributed by atoms with Crippen LogP contribution in [0, 0.1) is 0 Å². The van der Waals surface area contributed by atoms with Crippen molar-refractivity contribution in [3.63, 3.8) is 0 Å². The fraction of sp³-hybridized carbons (Fsp3) is 0.500. The van der Waals surface area contributed by atoms with Crippen LogP contribution in [0.5, 0.6) is 0 Å². The lowest BCUT2D eigenvalue weighted by atomic mass is 10.6. The summed E-state index contributed by atoms with van der Waals surface area (Å²) in [4.78, 5) is 7.73. The van der Waals surface area contributed by atoms with E-state index in [2.05, 4.69) is 20.0 Å². The fourth-order valence-corrected chi connectivity index (χ4v) is 2.14. The van der Waals surface area contributed by atoms with E-state index in [-0.39, 0.29) is 17.5 Å². The molecule has 0 unspecified atom stereocenters. The van der Waals surface area contributed by atoms with Crippen LogP contribution in [0.15, 0.2) is 12.4 Å². The molecule has 1 rings (SSSR count). The first kappa shape index (κ1) is 13.1. The second-order valence-corrected chi connectivity index (χ2v) is 5.28. The summed E-state index contributed by atoms with van der Waals surface area (Å²) in [5.74, 6) is 0.439. The summed E-state index contributed by atoms with van der Waals surface area (Å²) in [6.07, 6.45) is 2.88. The third-order valence-electron chi connectivity index (χ3n) is 1.65. The molecule has 0 saturated heterocycles. The van der Waals surface area contributed by atoms with Crippen molar-refractivity contribution in [1.82, 2.24) is 14.7 Å². The van der Waals surface area contributed by atoms with Crippen molar-refractivity contribution in [2.45, 2.75) is 6.92 Å². The summed E-state index contributed by atoms with van der Waals surface area (Å²) in [6.45, 7) is 2.37. The zero-order chi connectivity index (χ0) is 12.0. The molecule has 6 nitrogen and oxygen atoms in total. The van der Waals surface area contributed by atoms with Gasteiger partial charge in [-0.2, -0.15) is 0 Å². The van der Waals surface area contributed by atoms with Crippen LogP contribution in [0.1, 0.15) is 6.92 Å². The van der Waals surface area contributed by atoms with E-state index in [1.54, 1.807) is 6.92 Å². The highest BCUT2D eigenvalue weighted by molar-refractivity contribution is 7.89. The third-order valence-corrected chi connectivity index (χ3v) is 3.30. The molecule has 0 aliphatic heterocycles. The third kappa shape index (κ3) is 4.73. The lowest BCUT2D eigenvalue weighted by Crippen LogP contribution is -2.29. The van der Waals surface area contributed by atoms with E-state index in [0.717, 1.165) is 0 Å². The van der Waals surface area contributed by atoms with E-state index in [4.69, 9.17) is 11.6 Å². The highest BCUT2D eigenvalue weighted by atomic mass is 35.5. The SMILES string of the molecule is CCNS(=O)(=O)CCNc1cncc(Cl)n1. The van der Waals surface area contributed by atoms with Gasteiger partial charge >= 0.3 is 0 Å². The lowest BCUT2D eigenvalue weighted by Gasteiger charge is -2.06. The molecule has 0 bridgehead atoms. The summed E-state index contributed by atoms with van der Waals surface area (Å²) in [5, 5.41) is 3.09. The second kappa shape index (κ2) is 5.97. The average molecular weight is 265 g/mol. The molecule has 90 valence electrons. The van der Waals surface area contributed by atoms with Gasteiger partial charge in [-0.15, -0.1) is 0 Å². The first-order chi connectivity index (χ1) is 7.53. The second-order valence-electron chi connectivity index (χ2n) is 2.97. The van der Waals surface area contributed by atoms with Crippen molar-refractivity contribution in [2.24, 2.45) is 0 Å². The Morgan fingerprint density at radius 2 is 2.19 bits per heavy atom. The maximum Gasteiger partial charge on any atom is 0.213 e. The average Bonchev–Trinajstić information content (AvgIpc) is 2.17. The predicted molar refractivity (Wildman–Crippen MR) is 63.0 cm³/mol. The first-order valence-electron chi connectivity index (χ1n) is 4.72. The van der Waals surface area contributed by atoms with Gasteiger partial charge in [-0.1, -0.05) is 18.5 Å². The van der Waals surface area contributed by atoms with Crippen LogP contribution in [0.3, 0.4) is 0 Å². The van der Waals surface area contributed by atoms with Gasteiger partial charge < -0.3 is 5.32 Å². The number of anilines is 1. The topological polar surface area (TPSA) is 84.0 Å². The molecule has 0 saturated carbocycles. The van der Waals surface area contributed by atoms with Crippen molar-refractivity contribution < 1.29 is 8.42 Å². The summed E-state index contributed by atoms with van der Waals surface area (Å²) in [5.41, 5.74) is 0. The summed E-state index contributed by atoms with van der Waals surface area (Å²) < 4.78 is 24.9. The summed E-state index contributed by atoms with van der Waals surface area (Å²) in [7, 11) is -3.21. The Labute approximate surface area is 99.5 Å². The minimum atomic E-state index is -3.21. The fourth-order valence-electron chi connectivity index (χ4n) is 1.03. The number of nitrogens with zero attached hydrogens (tertiary/aromatic N) is 2. The van der Waals surface area contributed by atoms with Gasteiger partial charge in [0.1, 0.15) is 11.0 Å². The largest absolute Gasteiger partial charge is 0.368 e. The van der Waals surface area contributed by atoms with Crippen molar-refractivity contribution >= 4 is 27.4 Å². The van der Waals surface area contributed by atoms with Gasteiger partial charge in [-0.25, -0.2) is 18.1 Å². The van der Waals surface area contributed by atoms with Gasteiger partial charge in [-0.05, 0) is 0 Å². The monoisotopic (exact) mass is 264 g/mol. The first-order valence-corrected chi connectivity index (χ1v) is 6.75. The molecule has 0 aliphatic carbocycles. The molecule has 2 N–H and O–H groups in total. The number of hydrogen-bond acceptors (Lipinski definition) is 5. The minimum Gasteiger partial charge on any atom is -0.368 e. The molecule has 16 heavy (non-hydrogen) atoms. The van der Waals surface area contributed by atoms with Crippen LogP contribution in [0.4, 0.5) is 5.82 Å². The van der Waals surface area contributed by atoms with Gasteiger partial charge in [0.2, 0.25) is 10.0 Å². The molecule has 1 aromatic heterocycles. The van der Waals surface area contributed by atoms with Gasteiger partial charge in [0.05, 0.1) is 18.1 Å². The molecule has 0 atom stereocenters. The maximum absolute atomic E-state index is 11.3. The summed E-state index contributed by atoms with van der Waals surface area (Å²) >= 11 is 5.62. The number of sulfonamides is 1. The molecule has 1 aromatic rings. The van der Waals surface area contributed by atoms with Crippen molar-refractivity contribution in [2.75, 3.05) is 24.2 Å². The molecule has 0 aromatic carbocycles. The Morgan fingerprint density at radius 3 is 2.81 bits per heavy atom. The number of nitrogens with one attached hydrogen (secondary N) is 2. The zero-order valence-electron chi connectivity index (χ0n) is 8.77. The normalized spacial score (nSPS) is 11.4. The predicted octanol–water partition coefficient (Wildman–Crippen LogP) is 0.481. The minimum absolute atomic E-state index is 0.0188. The van der Waals surface area contributed by atoms with E-state index >= 15 is 0 Å². The lowest BCUT2D eigenvalue weighted by molar-refractivity contribution is 0.584. The Kier molecular flexibility index (Phi) is 4.91. The van der Waals surface area contributed by atoms with Crippen LogP contribution in [0.25, 0.3) is 0 Å². The van der Waals surface area contributed by atoms with Crippen molar-refractivity contribution in [3.05, 3.63) is 17.5 Å². The highest BCUT2D eigenvalue weighted by Gasteiger charge is 2.07. The summed E-state index contributed by atoms with van der Waals surface area (Å²) in [6, 6.07) is 0. The van der Waals surface area contributed by atoms with Gasteiger partial charge in [0.25, 0.3) is 0 Å². The van der Waals surface area contributed by atoms with E-state index < -0.39 is 10.0 Å². The van der Waals surface area contributed by atoms with Crippen LogP contribution < -0.4 is 10.0 Å². The van der Waals surface area contributed by atoms with Gasteiger partial charge in [0.15, 0.2) is 0 Å². The zero-order valence-corrected chi connectivity index (χ0v) is 10.3. The van der Waals surface area contributed by atoms with E-state index in [1.165, 1.54) is 12.4 Å². The Bertz CT molecular complexity index is 437. The van der Waals surface area contributed by atoms with Crippen molar-refractivity contribution in [3.8, 4) is 0 Å². The van der Waals surface area contributed by atoms with E-state index in [9.17, 15) is 8.42 Å². The molecular formula is C8H13ClN4O2S. The van der Waals surface area contributed by atoms with Crippen LogP contribution >= 0.6 is 11.6 Å². The van der Waals surface area contributed by atoms with Gasteiger partial charge in [-0.3, -0.25) is 4.98 Å². The number of rotatable bonds is 6. The van der Waals surface area contributed by atoms with Crippen LogP contribution in [-0.2, 0) is 10.0 Å². The Balaban J connectivity index is 2.42. The number of halogens is 1. The Morgan fingerprint density at radius 1 is 1.44 bits per heavy atom. The van der Waals surface area contributed by atoms with Crippen molar-refractivity contribution in [1.29, 1.82) is 0 Å². The standard InChI is InChI=1S/C8H13ClN4O2S/c1-2-12-16(14,15)4-3-11-8-6-10-5-7(9)13-8/h5-6,12H,2-4H2,1H3,(H,11,13). The Hall–Kier alpha value is -0.920. The van der Waals surface area contributed by atoms with E-state index in [1.807, 2.05) is 0 Å². The van der Waals surface area contributed by atoms with Crippen LogP contribution in [-0.4, -0.2) is 37.2 Å². The number of aromatic nitrogens is 2. The smallest absolute Gasteiger partial charge is 0.213 e. The number of hydrogen-bond donors (Lipinski definition) is 2. The molecule has 0 spiro atoms. The molecule has 0 aliphatic rings. The molecule has 0 amide bonds. The van der Waals surface area contributed by atoms with E-state index in [0.29, 0.717) is 12.4 Å². The van der Waals surface area contributed by atoms with Crippen LogP contribution in [0.2, 0.25) is 5.15 Å². The molecule has 1 heterocycles. The molecule has 8 heteroatoms. The highest BCUT2D eigenvalue weighted by Crippen LogP contribution is 2.05. The van der Waals surface area contributed by atoms with Gasteiger partial charge in [0, 0.05) is 13.1 Å². The molecule has 0 fully saturated rings.